The Hall–Kier alpha value is -3.23. The average molecular weight is 734 g/mol. The minimum atomic E-state index is -5.31. The summed E-state index contributed by atoms with van der Waals surface area (Å²) < 4.78 is 146. The standard InChI is InChI=1S/C28H31F8N5O5S2/c1-6-16(28(34,35)36)40-48(44,45)15-8-7-13(18(19(15)29)21(30)31)20-14(10-41-12-27(32,33)11-26(41,4)5)37-23(47-20)22-38-17(46-39-22)9-25(2,3)24(42)43/h7-8,16,21,40H,6,9-12H2,1-5H3,(H,42,43)/t16-/m0/s1. The summed E-state index contributed by atoms with van der Waals surface area (Å²) in [6.07, 6.45) is -10.3. The van der Waals surface area contributed by atoms with Gasteiger partial charge in [0.05, 0.1) is 28.1 Å². The quantitative estimate of drug-likeness (QED) is 0.192. The summed E-state index contributed by atoms with van der Waals surface area (Å²) in [6, 6.07) is -1.33. The lowest BCUT2D eigenvalue weighted by Gasteiger charge is -2.30. The number of carboxylic acid groups (broad SMARTS) is 1. The second kappa shape index (κ2) is 12.9. The van der Waals surface area contributed by atoms with E-state index in [4.69, 9.17) is 4.52 Å². The summed E-state index contributed by atoms with van der Waals surface area (Å²) in [7, 11) is -5.31. The Morgan fingerprint density at radius 1 is 1.19 bits per heavy atom. The van der Waals surface area contributed by atoms with E-state index >= 15 is 4.39 Å². The minimum absolute atomic E-state index is 0.109. The third-order valence-electron chi connectivity index (χ3n) is 7.84. The fourth-order valence-electron chi connectivity index (χ4n) is 5.20. The Balaban J connectivity index is 1.86. The van der Waals surface area contributed by atoms with Crippen molar-refractivity contribution in [2.24, 2.45) is 5.41 Å². The number of hydrogen-bond acceptors (Lipinski definition) is 9. The number of rotatable bonds is 12. The predicted octanol–water partition coefficient (Wildman–Crippen LogP) is 6.83. The number of aromatic nitrogens is 3. The van der Waals surface area contributed by atoms with Crippen molar-refractivity contribution >= 4 is 27.3 Å². The van der Waals surface area contributed by atoms with Crippen LogP contribution in [0, 0.1) is 11.2 Å². The van der Waals surface area contributed by atoms with Crippen LogP contribution in [0.2, 0.25) is 0 Å². The highest BCUT2D eigenvalue weighted by molar-refractivity contribution is 7.89. The van der Waals surface area contributed by atoms with E-state index in [1.807, 2.05) is 0 Å². The first-order valence-corrected chi connectivity index (χ1v) is 16.6. The van der Waals surface area contributed by atoms with Gasteiger partial charge in [0.15, 0.2) is 10.8 Å². The highest BCUT2D eigenvalue weighted by atomic mass is 32.2. The molecule has 1 aliphatic rings. The van der Waals surface area contributed by atoms with Crippen LogP contribution in [0.5, 0.6) is 0 Å². The van der Waals surface area contributed by atoms with Gasteiger partial charge in [-0.1, -0.05) is 18.1 Å². The van der Waals surface area contributed by atoms with Crippen molar-refractivity contribution in [2.75, 3.05) is 6.54 Å². The van der Waals surface area contributed by atoms with Crippen LogP contribution in [-0.2, 0) is 27.8 Å². The lowest BCUT2D eigenvalue weighted by Crippen LogP contribution is -2.45. The Morgan fingerprint density at radius 3 is 2.35 bits per heavy atom. The van der Waals surface area contributed by atoms with E-state index in [1.165, 1.54) is 37.3 Å². The van der Waals surface area contributed by atoms with Crippen LogP contribution >= 0.6 is 11.3 Å². The van der Waals surface area contributed by atoms with Crippen molar-refractivity contribution < 1.29 is 58.0 Å². The van der Waals surface area contributed by atoms with Crippen molar-refractivity contribution in [1.29, 1.82) is 0 Å². The van der Waals surface area contributed by atoms with E-state index in [2.05, 4.69) is 15.1 Å². The highest BCUT2D eigenvalue weighted by Gasteiger charge is 2.50. The molecule has 1 aromatic carbocycles. The fraction of sp³-hybridized carbons (Fsp3) is 0.571. The van der Waals surface area contributed by atoms with E-state index in [-0.39, 0.29) is 40.3 Å². The molecule has 0 saturated carbocycles. The molecular weight excluding hydrogens is 702 g/mol. The molecule has 3 aromatic rings. The maximum Gasteiger partial charge on any atom is 0.404 e. The summed E-state index contributed by atoms with van der Waals surface area (Å²) >= 11 is 0.618. The molecule has 0 spiro atoms. The number of benzene rings is 1. The van der Waals surface area contributed by atoms with Crippen LogP contribution in [0.1, 0.15) is 71.0 Å². The molecule has 1 aliphatic heterocycles. The van der Waals surface area contributed by atoms with E-state index in [9.17, 15) is 49.1 Å². The van der Waals surface area contributed by atoms with Gasteiger partial charge < -0.3 is 9.63 Å². The van der Waals surface area contributed by atoms with Gasteiger partial charge >= 0.3 is 12.1 Å². The van der Waals surface area contributed by atoms with Gasteiger partial charge in [-0.2, -0.15) is 22.9 Å². The molecule has 0 bridgehead atoms. The van der Waals surface area contributed by atoms with Gasteiger partial charge in [0.1, 0.15) is 10.9 Å². The van der Waals surface area contributed by atoms with Crippen LogP contribution in [0.25, 0.3) is 21.3 Å². The fourth-order valence-corrected chi connectivity index (χ4v) is 7.64. The van der Waals surface area contributed by atoms with Gasteiger partial charge in [-0.05, 0) is 40.2 Å². The molecule has 0 unspecified atom stereocenters. The molecule has 4 rings (SSSR count). The molecule has 10 nitrogen and oxygen atoms in total. The van der Waals surface area contributed by atoms with Crippen molar-refractivity contribution in [2.45, 2.75) is 95.4 Å². The van der Waals surface area contributed by atoms with Crippen molar-refractivity contribution in [3.63, 3.8) is 0 Å². The molecule has 0 aliphatic carbocycles. The van der Waals surface area contributed by atoms with Crippen molar-refractivity contribution in [3.05, 3.63) is 35.1 Å². The van der Waals surface area contributed by atoms with Crippen LogP contribution in [-0.4, -0.2) is 69.7 Å². The third kappa shape index (κ3) is 7.81. The molecular formula is C28H31F8N5O5S2. The molecule has 48 heavy (non-hydrogen) atoms. The Labute approximate surface area is 273 Å². The Bertz CT molecular complexity index is 1790. The molecule has 0 radical (unpaired) electrons. The van der Waals surface area contributed by atoms with E-state index in [0.29, 0.717) is 17.4 Å². The first kappa shape index (κ1) is 37.6. The molecule has 1 fully saturated rings. The van der Waals surface area contributed by atoms with Gasteiger partial charge in [-0.3, -0.25) is 9.69 Å². The van der Waals surface area contributed by atoms with Gasteiger partial charge in [-0.25, -0.2) is 35.4 Å². The number of thiazole rings is 1. The molecule has 3 heterocycles. The smallest absolute Gasteiger partial charge is 0.404 e. The van der Waals surface area contributed by atoms with Crippen molar-refractivity contribution in [3.8, 4) is 21.3 Å². The summed E-state index contributed by atoms with van der Waals surface area (Å²) in [4.78, 5) is 19.7. The van der Waals surface area contributed by atoms with Gasteiger partial charge in [0.2, 0.25) is 21.7 Å². The first-order chi connectivity index (χ1) is 21.9. The first-order valence-electron chi connectivity index (χ1n) is 14.3. The Kier molecular flexibility index (Phi) is 10.1. The molecule has 2 aromatic heterocycles. The lowest BCUT2D eigenvalue weighted by atomic mass is 9.90. The predicted molar refractivity (Wildman–Crippen MR) is 155 cm³/mol. The van der Waals surface area contributed by atoms with Crippen LogP contribution in [0.4, 0.5) is 35.1 Å². The van der Waals surface area contributed by atoms with Crippen LogP contribution < -0.4 is 4.72 Å². The SMILES string of the molecule is CC[C@H](NS(=O)(=O)c1ccc(-c2sc(-c3noc(CC(C)(C)C(=O)O)n3)nc2CN2CC(F)(F)CC2(C)C)c(C(F)F)c1F)C(F)(F)F. The second-order valence-corrected chi connectivity index (χ2v) is 15.3. The minimum Gasteiger partial charge on any atom is -0.481 e. The van der Waals surface area contributed by atoms with Gasteiger partial charge in [0.25, 0.3) is 12.3 Å². The zero-order valence-electron chi connectivity index (χ0n) is 26.1. The number of carboxylic acids is 1. The van der Waals surface area contributed by atoms with Crippen LogP contribution in [0.15, 0.2) is 21.6 Å². The molecule has 1 atom stereocenters. The maximum atomic E-state index is 15.7. The summed E-state index contributed by atoms with van der Waals surface area (Å²) in [6.45, 7) is 5.76. The monoisotopic (exact) mass is 733 g/mol. The van der Waals surface area contributed by atoms with E-state index in [0.717, 1.165) is 13.0 Å². The Morgan fingerprint density at radius 2 is 1.83 bits per heavy atom. The van der Waals surface area contributed by atoms with Crippen molar-refractivity contribution in [1.82, 2.24) is 24.7 Å². The largest absolute Gasteiger partial charge is 0.481 e. The molecule has 2 N–H and O–H groups in total. The number of alkyl halides is 7. The third-order valence-corrected chi connectivity index (χ3v) is 10.5. The molecule has 20 heteroatoms. The van der Waals surface area contributed by atoms with Gasteiger partial charge in [0, 0.05) is 30.5 Å². The number of carbonyl (C=O) groups is 1. The molecule has 266 valence electrons. The van der Waals surface area contributed by atoms with Gasteiger partial charge in [-0.15, -0.1) is 11.3 Å². The molecule has 1 saturated heterocycles. The number of nitrogens with one attached hydrogen (secondary N) is 1. The second-order valence-electron chi connectivity index (χ2n) is 12.6. The van der Waals surface area contributed by atoms with E-state index in [1.54, 1.807) is 0 Å². The average Bonchev–Trinajstić information content (AvgIpc) is 3.61. The normalized spacial score (nSPS) is 17.7. The number of hydrogen-bond donors (Lipinski definition) is 2. The number of halogens is 8. The number of likely N-dealkylation sites (tertiary alicyclic amines) is 1. The number of nitrogens with zero attached hydrogens (tertiary/aromatic N) is 4. The summed E-state index contributed by atoms with van der Waals surface area (Å²) in [5.74, 6) is -6.65. The lowest BCUT2D eigenvalue weighted by molar-refractivity contribution is -0.151. The zero-order valence-corrected chi connectivity index (χ0v) is 27.7. The summed E-state index contributed by atoms with van der Waals surface area (Å²) in [5, 5.41) is 13.1. The topological polar surface area (TPSA) is 139 Å². The highest BCUT2D eigenvalue weighted by Crippen LogP contribution is 2.45. The van der Waals surface area contributed by atoms with E-state index < -0.39 is 92.7 Å². The summed E-state index contributed by atoms with van der Waals surface area (Å²) in [5.41, 5.74) is -4.62. The number of aliphatic carboxylic acids is 1. The molecule has 0 amide bonds. The number of sulfonamides is 1. The zero-order chi connectivity index (χ0) is 36.2. The maximum absolute atomic E-state index is 15.7. The van der Waals surface area contributed by atoms with Crippen LogP contribution in [0.3, 0.4) is 0 Å².